The zero-order valence-electron chi connectivity index (χ0n) is 20.4. The number of thiocarbonyl (C=S) groups is 1. The number of aromatic nitrogens is 2. The quantitative estimate of drug-likeness (QED) is 0.164. The highest BCUT2D eigenvalue weighted by atomic mass is 35.5. The molecule has 1 aromatic heterocycles. The lowest BCUT2D eigenvalue weighted by Gasteiger charge is -2.15. The van der Waals surface area contributed by atoms with Crippen LogP contribution in [0.1, 0.15) is 24.5 Å². The van der Waals surface area contributed by atoms with Crippen LogP contribution in [0, 0.1) is 5.82 Å². The van der Waals surface area contributed by atoms with Crippen molar-refractivity contribution in [2.75, 3.05) is 6.61 Å². The molecule has 0 bridgehead atoms. The molecule has 1 amide bonds. The summed E-state index contributed by atoms with van der Waals surface area (Å²) < 4.78 is 22.5. The summed E-state index contributed by atoms with van der Waals surface area (Å²) in [5.41, 5.74) is 3.41. The van der Waals surface area contributed by atoms with E-state index < -0.39 is 5.82 Å². The number of carbonyl (C=O) groups is 1. The van der Waals surface area contributed by atoms with Crippen molar-refractivity contribution in [1.29, 1.82) is 0 Å². The second-order valence-corrected chi connectivity index (χ2v) is 10.6. The molecular weight excluding hydrogens is 541 g/mol. The van der Waals surface area contributed by atoms with E-state index in [2.05, 4.69) is 0 Å². The topological polar surface area (TPSA) is 47.4 Å². The minimum atomic E-state index is -0.470. The second-order valence-electron chi connectivity index (χ2n) is 8.57. The molecule has 0 radical (unpaired) electrons. The van der Waals surface area contributed by atoms with Gasteiger partial charge in [-0.3, -0.25) is 9.69 Å². The van der Waals surface area contributed by atoms with Crippen molar-refractivity contribution in [3.05, 3.63) is 106 Å². The Bertz CT molecular complexity index is 1540. The van der Waals surface area contributed by atoms with E-state index in [0.29, 0.717) is 37.7 Å². The fourth-order valence-corrected chi connectivity index (χ4v) is 5.42. The molecule has 0 aliphatic carbocycles. The number of rotatable bonds is 8. The Balaban J connectivity index is 1.52. The zero-order valence-corrected chi connectivity index (χ0v) is 22.8. The van der Waals surface area contributed by atoms with E-state index in [-0.39, 0.29) is 18.2 Å². The lowest BCUT2D eigenvalue weighted by molar-refractivity contribution is -0.122. The average Bonchev–Trinajstić information content (AvgIpc) is 3.46. The summed E-state index contributed by atoms with van der Waals surface area (Å²) in [5, 5.41) is 5.32. The van der Waals surface area contributed by atoms with Gasteiger partial charge in [-0.2, -0.15) is 5.10 Å². The van der Waals surface area contributed by atoms with Gasteiger partial charge in [0.2, 0.25) is 0 Å². The van der Waals surface area contributed by atoms with Gasteiger partial charge in [0.1, 0.15) is 10.0 Å². The van der Waals surface area contributed by atoms with Crippen molar-refractivity contribution in [3.8, 4) is 22.7 Å². The summed E-state index contributed by atoms with van der Waals surface area (Å²) in [4.78, 5) is 15.4. The number of carbonyl (C=O) groups excluding carboxylic acids is 1. The van der Waals surface area contributed by atoms with Crippen LogP contribution in [0.2, 0.25) is 5.02 Å². The van der Waals surface area contributed by atoms with Crippen molar-refractivity contribution in [3.63, 3.8) is 0 Å². The minimum Gasteiger partial charge on any atom is -0.491 e. The number of nitrogens with zero attached hydrogens (tertiary/aromatic N) is 3. The van der Waals surface area contributed by atoms with Gasteiger partial charge in [0.15, 0.2) is 11.6 Å². The number of thioether (sulfide) groups is 1. The van der Waals surface area contributed by atoms with Crippen molar-refractivity contribution >= 4 is 51.9 Å². The summed E-state index contributed by atoms with van der Waals surface area (Å²) >= 11 is 13.1. The fraction of sp³-hybridized carbons (Fsp3) is 0.138. The van der Waals surface area contributed by atoms with Crippen LogP contribution in [-0.2, 0) is 11.3 Å². The van der Waals surface area contributed by atoms with Gasteiger partial charge in [-0.1, -0.05) is 78.9 Å². The highest BCUT2D eigenvalue weighted by Gasteiger charge is 2.33. The van der Waals surface area contributed by atoms with Gasteiger partial charge in [0.05, 0.1) is 23.7 Å². The lowest BCUT2D eigenvalue weighted by atomic mass is 10.1. The van der Waals surface area contributed by atoms with Crippen molar-refractivity contribution in [1.82, 2.24) is 14.7 Å². The predicted molar refractivity (Wildman–Crippen MR) is 155 cm³/mol. The Morgan fingerprint density at radius 2 is 1.87 bits per heavy atom. The maximum atomic E-state index is 14.9. The molecule has 38 heavy (non-hydrogen) atoms. The second kappa shape index (κ2) is 11.5. The average molecular weight is 564 g/mol. The van der Waals surface area contributed by atoms with Crippen molar-refractivity contribution in [2.24, 2.45) is 0 Å². The molecule has 192 valence electrons. The summed E-state index contributed by atoms with van der Waals surface area (Å²) in [6.07, 6.45) is 4.36. The highest BCUT2D eigenvalue weighted by molar-refractivity contribution is 8.26. The summed E-state index contributed by atoms with van der Waals surface area (Å²) in [6, 6.07) is 21.7. The first kappa shape index (κ1) is 26.2. The summed E-state index contributed by atoms with van der Waals surface area (Å²) in [6.45, 7) is 2.67. The number of benzene rings is 3. The molecule has 0 spiro atoms. The van der Waals surface area contributed by atoms with Crippen molar-refractivity contribution in [2.45, 2.75) is 19.9 Å². The van der Waals surface area contributed by atoms with E-state index in [1.165, 1.54) is 22.7 Å². The van der Waals surface area contributed by atoms with Crippen LogP contribution in [0.4, 0.5) is 4.39 Å². The zero-order chi connectivity index (χ0) is 26.6. The normalized spacial score (nSPS) is 14.5. The molecule has 4 aromatic rings. The van der Waals surface area contributed by atoms with Crippen LogP contribution < -0.4 is 4.74 Å². The third kappa shape index (κ3) is 5.53. The van der Waals surface area contributed by atoms with E-state index in [1.807, 2.05) is 61.7 Å². The molecule has 1 fully saturated rings. The molecule has 3 aromatic carbocycles. The van der Waals surface area contributed by atoms with Crippen molar-refractivity contribution < 1.29 is 13.9 Å². The van der Waals surface area contributed by atoms with Gasteiger partial charge in [-0.05, 0) is 54.5 Å². The molecular formula is C29H23ClFN3O2S2. The van der Waals surface area contributed by atoms with Gasteiger partial charge in [0, 0.05) is 22.3 Å². The van der Waals surface area contributed by atoms with Gasteiger partial charge in [-0.25, -0.2) is 9.07 Å². The molecule has 5 nitrogen and oxygen atoms in total. The van der Waals surface area contributed by atoms with Crippen LogP contribution in [0.5, 0.6) is 5.75 Å². The number of halogens is 2. The number of ether oxygens (including phenoxy) is 1. The van der Waals surface area contributed by atoms with Gasteiger partial charge in [-0.15, -0.1) is 0 Å². The highest BCUT2D eigenvalue weighted by Crippen LogP contribution is 2.37. The van der Waals surface area contributed by atoms with Crippen LogP contribution in [0.25, 0.3) is 23.0 Å². The van der Waals surface area contributed by atoms with Gasteiger partial charge < -0.3 is 4.74 Å². The molecule has 1 aliphatic heterocycles. The number of amides is 1. The van der Waals surface area contributed by atoms with Crippen LogP contribution >= 0.6 is 35.6 Å². The SMILES string of the molecule is CCCOc1ccc(-c2nn(-c3ccccc3)cc2C=C2SC(=S)N(Cc3ccccc3Cl)C2=O)cc1F. The van der Waals surface area contributed by atoms with E-state index in [9.17, 15) is 9.18 Å². The molecule has 0 atom stereocenters. The molecule has 0 unspecified atom stereocenters. The lowest BCUT2D eigenvalue weighted by Crippen LogP contribution is -2.27. The third-order valence-electron chi connectivity index (χ3n) is 5.88. The summed E-state index contributed by atoms with van der Waals surface area (Å²) in [5.74, 6) is -0.491. The van der Waals surface area contributed by atoms with E-state index >= 15 is 0 Å². The van der Waals surface area contributed by atoms with Crippen LogP contribution in [0.15, 0.2) is 83.9 Å². The molecule has 0 N–H and O–H groups in total. The largest absolute Gasteiger partial charge is 0.491 e. The van der Waals surface area contributed by atoms with E-state index in [4.69, 9.17) is 33.7 Å². The molecule has 9 heteroatoms. The molecule has 0 saturated carbocycles. The smallest absolute Gasteiger partial charge is 0.266 e. The van der Waals surface area contributed by atoms with E-state index in [0.717, 1.165) is 17.7 Å². The number of hydrogen-bond donors (Lipinski definition) is 0. The Morgan fingerprint density at radius 1 is 1.11 bits per heavy atom. The first-order valence-electron chi connectivity index (χ1n) is 12.0. The van der Waals surface area contributed by atoms with Gasteiger partial charge >= 0.3 is 0 Å². The van der Waals surface area contributed by atoms with Crippen LogP contribution in [0.3, 0.4) is 0 Å². The first-order valence-corrected chi connectivity index (χ1v) is 13.6. The predicted octanol–water partition coefficient (Wildman–Crippen LogP) is 7.52. The Hall–Kier alpha value is -3.46. The first-order chi connectivity index (χ1) is 18.4. The molecule has 1 aliphatic rings. The third-order valence-corrected chi connectivity index (χ3v) is 7.62. The molecule has 5 rings (SSSR count). The molecule has 1 saturated heterocycles. The molecule has 2 heterocycles. The van der Waals surface area contributed by atoms with Gasteiger partial charge in [0.25, 0.3) is 5.91 Å². The monoisotopic (exact) mass is 563 g/mol. The maximum absolute atomic E-state index is 14.9. The number of hydrogen-bond acceptors (Lipinski definition) is 5. The summed E-state index contributed by atoms with van der Waals surface area (Å²) in [7, 11) is 0. The standard InChI is InChI=1S/C29H23ClFN3O2S2/c1-2-14-36-25-13-12-19(15-24(25)31)27-21(18-34(32-27)22-9-4-3-5-10-22)16-26-28(35)33(29(37)38-26)17-20-8-6-7-11-23(20)30/h3-13,15-16,18H,2,14,17H2,1H3. The Morgan fingerprint density at radius 3 is 2.61 bits per heavy atom. The maximum Gasteiger partial charge on any atom is 0.266 e. The Labute approximate surface area is 234 Å². The minimum absolute atomic E-state index is 0.195. The Kier molecular flexibility index (Phi) is 7.93. The fourth-order valence-electron chi connectivity index (χ4n) is 3.98. The van der Waals surface area contributed by atoms with Crippen LogP contribution in [-0.4, -0.2) is 31.5 Å². The van der Waals surface area contributed by atoms with E-state index in [1.54, 1.807) is 29.0 Å². The number of para-hydroxylation sites is 1.